The molecule has 9 nitrogen and oxygen atoms in total. The van der Waals surface area contributed by atoms with E-state index < -0.39 is 5.54 Å². The van der Waals surface area contributed by atoms with Crippen LogP contribution in [0.1, 0.15) is 63.5 Å². The first-order valence-electron chi connectivity index (χ1n) is 12.3. The van der Waals surface area contributed by atoms with Gasteiger partial charge in [-0.3, -0.25) is 9.59 Å². The molecule has 4 heterocycles. The third-order valence-corrected chi connectivity index (χ3v) is 7.65. The van der Waals surface area contributed by atoms with Crippen LogP contribution >= 0.6 is 0 Å². The van der Waals surface area contributed by atoms with Crippen LogP contribution in [-0.4, -0.2) is 38.5 Å². The lowest BCUT2D eigenvalue weighted by Gasteiger charge is -2.32. The van der Waals surface area contributed by atoms with E-state index in [4.69, 9.17) is 9.84 Å². The van der Waals surface area contributed by atoms with E-state index >= 15 is 0 Å². The fourth-order valence-corrected chi connectivity index (χ4v) is 5.34. The molecule has 1 amide bonds. The largest absolute Gasteiger partial charge is 0.379 e. The number of nitrogens with one attached hydrogen (secondary N) is 1. The number of carbonyl (C=O) groups excluding carboxylic acids is 1. The van der Waals surface area contributed by atoms with Gasteiger partial charge >= 0.3 is 0 Å². The maximum atomic E-state index is 13.5. The van der Waals surface area contributed by atoms with E-state index in [1.165, 1.54) is 6.92 Å². The van der Waals surface area contributed by atoms with Gasteiger partial charge in [0.05, 0.1) is 41.5 Å². The first kappa shape index (κ1) is 22.0. The molecule has 0 bridgehead atoms. The first-order chi connectivity index (χ1) is 16.9. The molecule has 2 aliphatic carbocycles. The number of aromatic nitrogens is 4. The summed E-state index contributed by atoms with van der Waals surface area (Å²) in [6.07, 6.45) is 8.20. The molecule has 3 aromatic rings. The second-order valence-electron chi connectivity index (χ2n) is 10.4. The minimum Gasteiger partial charge on any atom is -0.379 e. The van der Waals surface area contributed by atoms with Crippen molar-refractivity contribution in [2.45, 2.75) is 63.5 Å². The van der Waals surface area contributed by atoms with E-state index in [0.29, 0.717) is 19.0 Å². The van der Waals surface area contributed by atoms with Gasteiger partial charge in [-0.05, 0) is 57.1 Å². The molecular weight excluding hydrogens is 444 g/mol. The standard InChI is InChI=1S/C26H28N6O3/c1-15(33)29-24-10-20-21(13-31(23(20)12-28-24)18-7-16(8-18)11-27)22-9-19(17-3-4-17)25(34)32(30-22)26(2)5-6-35-14-26/h9-10,12-13,16-18H,3-8,14H2,1-2H3,(H,28,29,33). The van der Waals surface area contributed by atoms with E-state index in [0.717, 1.165) is 59.8 Å². The summed E-state index contributed by atoms with van der Waals surface area (Å²) >= 11 is 0. The maximum Gasteiger partial charge on any atom is 0.270 e. The normalized spacial score (nSPS) is 25.9. The Balaban J connectivity index is 1.54. The average molecular weight is 473 g/mol. The van der Waals surface area contributed by atoms with Gasteiger partial charge in [0.25, 0.3) is 5.56 Å². The number of hydrogen-bond donors (Lipinski definition) is 1. The third kappa shape index (κ3) is 3.73. The molecule has 3 aromatic heterocycles. The van der Waals surface area contributed by atoms with Gasteiger partial charge in [0.1, 0.15) is 5.82 Å². The van der Waals surface area contributed by atoms with Crippen molar-refractivity contribution < 1.29 is 9.53 Å². The van der Waals surface area contributed by atoms with Crippen LogP contribution in [0.3, 0.4) is 0 Å². The molecule has 180 valence electrons. The van der Waals surface area contributed by atoms with Crippen LogP contribution in [0, 0.1) is 17.2 Å². The van der Waals surface area contributed by atoms with Gasteiger partial charge in [0.2, 0.25) is 5.91 Å². The number of hydrogen-bond acceptors (Lipinski definition) is 6. The van der Waals surface area contributed by atoms with Crippen molar-refractivity contribution in [3.8, 4) is 17.3 Å². The zero-order valence-electron chi connectivity index (χ0n) is 20.0. The average Bonchev–Trinajstić information content (AvgIpc) is 3.44. The van der Waals surface area contributed by atoms with Gasteiger partial charge < -0.3 is 14.6 Å². The SMILES string of the molecule is CC(=O)Nc1cc2c(-c3cc(C4CC4)c(=O)n(C4(C)CCOC4)n3)cn(C3CC(C#N)C3)c2cn1. The lowest BCUT2D eigenvalue weighted by atomic mass is 9.81. The fourth-order valence-electron chi connectivity index (χ4n) is 5.34. The lowest BCUT2D eigenvalue weighted by Crippen LogP contribution is -2.42. The van der Waals surface area contributed by atoms with Crippen molar-refractivity contribution in [3.63, 3.8) is 0 Å². The Kier molecular flexibility index (Phi) is 5.04. The molecule has 9 heteroatoms. The zero-order chi connectivity index (χ0) is 24.3. The van der Waals surface area contributed by atoms with Gasteiger partial charge in [-0.1, -0.05) is 0 Å². The molecular formula is C26H28N6O3. The summed E-state index contributed by atoms with van der Waals surface area (Å²) in [6, 6.07) is 6.39. The molecule has 0 radical (unpaired) electrons. The van der Waals surface area contributed by atoms with Gasteiger partial charge in [-0.15, -0.1) is 0 Å². The van der Waals surface area contributed by atoms with Gasteiger partial charge in [0.15, 0.2) is 0 Å². The highest BCUT2D eigenvalue weighted by molar-refractivity contribution is 5.98. The number of nitrogens with zero attached hydrogens (tertiary/aromatic N) is 5. The highest BCUT2D eigenvalue weighted by atomic mass is 16.5. The number of rotatable bonds is 5. The summed E-state index contributed by atoms with van der Waals surface area (Å²) in [5.41, 5.74) is 2.87. The lowest BCUT2D eigenvalue weighted by molar-refractivity contribution is -0.114. The number of ether oxygens (including phenoxy) is 1. The number of anilines is 1. The van der Waals surface area contributed by atoms with Gasteiger partial charge in [-0.2, -0.15) is 10.4 Å². The molecule has 1 unspecified atom stereocenters. The van der Waals surface area contributed by atoms with E-state index in [1.807, 2.05) is 19.1 Å². The van der Waals surface area contributed by atoms with Gasteiger partial charge in [-0.25, -0.2) is 9.67 Å². The topological polar surface area (TPSA) is 115 Å². The van der Waals surface area contributed by atoms with Crippen molar-refractivity contribution in [2.75, 3.05) is 18.5 Å². The number of nitriles is 1. The minimum absolute atomic E-state index is 0.0237. The number of fused-ring (bicyclic) bond motifs is 1. The Morgan fingerprint density at radius 1 is 1.31 bits per heavy atom. The van der Waals surface area contributed by atoms with Crippen molar-refractivity contribution in [1.29, 1.82) is 5.26 Å². The Morgan fingerprint density at radius 2 is 2.11 bits per heavy atom. The molecule has 3 fully saturated rings. The maximum absolute atomic E-state index is 13.5. The van der Waals surface area contributed by atoms with Crippen molar-refractivity contribution in [1.82, 2.24) is 19.3 Å². The first-order valence-corrected chi connectivity index (χ1v) is 12.3. The molecule has 1 atom stereocenters. The van der Waals surface area contributed by atoms with Gasteiger partial charge in [0, 0.05) is 42.3 Å². The quantitative estimate of drug-likeness (QED) is 0.605. The minimum atomic E-state index is -0.480. The summed E-state index contributed by atoms with van der Waals surface area (Å²) in [5.74, 6) is 0.621. The van der Waals surface area contributed by atoms with Crippen molar-refractivity contribution >= 4 is 22.6 Å². The smallest absolute Gasteiger partial charge is 0.270 e. The Bertz CT molecular complexity index is 1430. The van der Waals surface area contributed by atoms with E-state index in [2.05, 4.69) is 27.1 Å². The summed E-state index contributed by atoms with van der Waals surface area (Å²) in [4.78, 5) is 29.6. The molecule has 35 heavy (non-hydrogen) atoms. The fraction of sp³-hybridized carbons (Fsp3) is 0.500. The highest BCUT2D eigenvalue weighted by Crippen LogP contribution is 2.44. The predicted octanol–water partition coefficient (Wildman–Crippen LogP) is 3.71. The predicted molar refractivity (Wildman–Crippen MR) is 130 cm³/mol. The number of pyridine rings is 1. The van der Waals surface area contributed by atoms with Crippen molar-refractivity contribution in [3.05, 3.63) is 40.4 Å². The van der Waals surface area contributed by atoms with Crippen LogP contribution in [0.5, 0.6) is 0 Å². The second kappa shape index (κ2) is 8.02. The molecule has 1 aliphatic heterocycles. The summed E-state index contributed by atoms with van der Waals surface area (Å²) in [6.45, 7) is 4.56. The monoisotopic (exact) mass is 472 g/mol. The van der Waals surface area contributed by atoms with E-state index in [-0.39, 0.29) is 29.3 Å². The van der Waals surface area contributed by atoms with Crippen LogP contribution < -0.4 is 10.9 Å². The highest BCUT2D eigenvalue weighted by Gasteiger charge is 2.37. The molecule has 1 N–H and O–H groups in total. The van der Waals surface area contributed by atoms with E-state index in [9.17, 15) is 14.9 Å². The van der Waals surface area contributed by atoms with Crippen LogP contribution in [0.4, 0.5) is 5.82 Å². The molecule has 2 saturated carbocycles. The summed E-state index contributed by atoms with van der Waals surface area (Å²) < 4.78 is 9.48. The van der Waals surface area contributed by atoms with E-state index in [1.54, 1.807) is 10.9 Å². The molecule has 1 saturated heterocycles. The number of amides is 1. The molecule has 0 spiro atoms. The Labute approximate surface area is 202 Å². The molecule has 3 aliphatic rings. The summed E-state index contributed by atoms with van der Waals surface area (Å²) in [7, 11) is 0. The number of carbonyl (C=O) groups is 1. The van der Waals surface area contributed by atoms with Crippen LogP contribution in [0.2, 0.25) is 0 Å². The Hall–Kier alpha value is -3.51. The van der Waals surface area contributed by atoms with Crippen molar-refractivity contribution in [2.24, 2.45) is 5.92 Å². The summed E-state index contributed by atoms with van der Waals surface area (Å²) in [5, 5.41) is 17.9. The third-order valence-electron chi connectivity index (χ3n) is 7.65. The Morgan fingerprint density at radius 3 is 2.77 bits per heavy atom. The van der Waals surface area contributed by atoms with Crippen LogP contribution in [-0.2, 0) is 15.1 Å². The van der Waals surface area contributed by atoms with Crippen LogP contribution in [0.15, 0.2) is 29.3 Å². The molecule has 0 aromatic carbocycles. The second-order valence-corrected chi connectivity index (χ2v) is 10.4. The zero-order valence-corrected chi connectivity index (χ0v) is 20.0. The molecule has 6 rings (SSSR count). The van der Waals surface area contributed by atoms with Crippen LogP contribution in [0.25, 0.3) is 22.2 Å².